The molecule has 20 heavy (non-hydrogen) atoms. The van der Waals surface area contributed by atoms with Crippen LogP contribution in [0.3, 0.4) is 0 Å². The van der Waals surface area contributed by atoms with Gasteiger partial charge in [-0.15, -0.1) is 0 Å². The lowest BCUT2D eigenvalue weighted by molar-refractivity contribution is -0.123. The Labute approximate surface area is 129 Å². The molecule has 3 N–H and O–H groups in total. The molecule has 0 bridgehead atoms. The lowest BCUT2D eigenvalue weighted by Crippen LogP contribution is -2.44. The third-order valence-corrected chi connectivity index (χ3v) is 3.56. The molecule has 0 aliphatic heterocycles. The van der Waals surface area contributed by atoms with E-state index in [0.29, 0.717) is 6.54 Å². The number of amides is 1. The van der Waals surface area contributed by atoms with Crippen molar-refractivity contribution in [1.29, 1.82) is 0 Å². The molecule has 0 saturated carbocycles. The van der Waals surface area contributed by atoms with E-state index in [4.69, 9.17) is 5.73 Å². The minimum absolute atomic E-state index is 0.0148. The van der Waals surface area contributed by atoms with Gasteiger partial charge in [0.05, 0.1) is 6.54 Å². The van der Waals surface area contributed by atoms with E-state index in [0.717, 1.165) is 10.0 Å². The number of hydrogen-bond donors (Lipinski definition) is 2. The molecule has 0 saturated heterocycles. The van der Waals surface area contributed by atoms with Gasteiger partial charge in [-0.05, 0) is 45.5 Å². The van der Waals surface area contributed by atoms with Gasteiger partial charge in [0, 0.05) is 22.6 Å². The van der Waals surface area contributed by atoms with Crippen molar-refractivity contribution in [2.75, 3.05) is 13.6 Å². The minimum Gasteiger partial charge on any atom is -0.353 e. The molecule has 0 spiro atoms. The van der Waals surface area contributed by atoms with Crippen LogP contribution in [0.2, 0.25) is 0 Å². The SMILES string of the molecule is CC(C)NC(=O)CN(C)C(c1ccc(Br)cc1)C(C)N. The van der Waals surface area contributed by atoms with Gasteiger partial charge in [-0.2, -0.15) is 0 Å². The summed E-state index contributed by atoms with van der Waals surface area (Å²) < 4.78 is 1.03. The summed E-state index contributed by atoms with van der Waals surface area (Å²) in [5.41, 5.74) is 7.21. The van der Waals surface area contributed by atoms with Crippen LogP contribution in [0.5, 0.6) is 0 Å². The minimum atomic E-state index is -0.0620. The predicted molar refractivity (Wildman–Crippen MR) is 86.4 cm³/mol. The van der Waals surface area contributed by atoms with Gasteiger partial charge >= 0.3 is 0 Å². The predicted octanol–water partition coefficient (Wildman–Crippen LogP) is 2.29. The first kappa shape index (κ1) is 17.1. The molecule has 0 heterocycles. The van der Waals surface area contributed by atoms with Crippen molar-refractivity contribution in [3.05, 3.63) is 34.3 Å². The Hall–Kier alpha value is -0.910. The standard InChI is InChI=1S/C15H24BrN3O/c1-10(2)18-14(20)9-19(4)15(11(3)17)12-5-7-13(16)8-6-12/h5-8,10-11,15H,9,17H2,1-4H3,(H,18,20). The first-order chi connectivity index (χ1) is 9.31. The molecule has 112 valence electrons. The number of likely N-dealkylation sites (N-methyl/N-ethyl adjacent to an activating group) is 1. The maximum atomic E-state index is 11.9. The first-order valence-corrected chi connectivity index (χ1v) is 7.61. The number of hydrogen-bond acceptors (Lipinski definition) is 3. The summed E-state index contributed by atoms with van der Waals surface area (Å²) in [6, 6.07) is 8.16. The van der Waals surface area contributed by atoms with Crippen molar-refractivity contribution in [3.63, 3.8) is 0 Å². The van der Waals surface area contributed by atoms with Gasteiger partial charge in [0.15, 0.2) is 0 Å². The van der Waals surface area contributed by atoms with Crippen LogP contribution in [0.1, 0.15) is 32.4 Å². The van der Waals surface area contributed by atoms with Crippen LogP contribution in [0, 0.1) is 0 Å². The summed E-state index contributed by atoms with van der Waals surface area (Å²) in [7, 11) is 1.93. The molecule has 2 unspecified atom stereocenters. The Bertz CT molecular complexity index is 431. The number of benzene rings is 1. The fraction of sp³-hybridized carbons (Fsp3) is 0.533. The zero-order valence-electron chi connectivity index (χ0n) is 12.6. The first-order valence-electron chi connectivity index (χ1n) is 6.82. The Morgan fingerprint density at radius 1 is 1.30 bits per heavy atom. The van der Waals surface area contributed by atoms with Crippen molar-refractivity contribution in [2.24, 2.45) is 5.73 Å². The highest BCUT2D eigenvalue weighted by atomic mass is 79.9. The second-order valence-electron chi connectivity index (χ2n) is 5.49. The highest BCUT2D eigenvalue weighted by Crippen LogP contribution is 2.23. The quantitative estimate of drug-likeness (QED) is 0.834. The normalized spacial score (nSPS) is 14.4. The third kappa shape index (κ3) is 5.23. The topological polar surface area (TPSA) is 58.4 Å². The molecular weight excluding hydrogens is 318 g/mol. The van der Waals surface area contributed by atoms with E-state index in [2.05, 4.69) is 21.2 Å². The third-order valence-electron chi connectivity index (χ3n) is 3.03. The largest absolute Gasteiger partial charge is 0.353 e. The number of rotatable bonds is 6. The highest BCUT2D eigenvalue weighted by Gasteiger charge is 2.23. The highest BCUT2D eigenvalue weighted by molar-refractivity contribution is 9.10. The average Bonchev–Trinajstić information content (AvgIpc) is 2.30. The molecule has 0 aliphatic carbocycles. The summed E-state index contributed by atoms with van der Waals surface area (Å²) in [5.74, 6) is 0.0188. The Morgan fingerprint density at radius 2 is 1.85 bits per heavy atom. The molecule has 1 aromatic carbocycles. The van der Waals surface area contributed by atoms with Crippen LogP contribution >= 0.6 is 15.9 Å². The Kier molecular flexibility index (Phi) is 6.65. The van der Waals surface area contributed by atoms with E-state index in [9.17, 15) is 4.79 Å². The van der Waals surface area contributed by atoms with Crippen molar-refractivity contribution in [3.8, 4) is 0 Å². The van der Waals surface area contributed by atoms with Crippen molar-refractivity contribution in [1.82, 2.24) is 10.2 Å². The number of nitrogens with one attached hydrogen (secondary N) is 1. The van der Waals surface area contributed by atoms with Crippen molar-refractivity contribution in [2.45, 2.75) is 38.9 Å². The smallest absolute Gasteiger partial charge is 0.234 e. The number of carbonyl (C=O) groups is 1. The molecule has 1 rings (SSSR count). The van der Waals surface area contributed by atoms with Crippen LogP contribution in [-0.4, -0.2) is 36.5 Å². The van der Waals surface area contributed by atoms with Gasteiger partial charge in [0.1, 0.15) is 0 Å². The van der Waals surface area contributed by atoms with Crippen molar-refractivity contribution < 1.29 is 4.79 Å². The van der Waals surface area contributed by atoms with Gasteiger partial charge in [0.2, 0.25) is 5.91 Å². The molecule has 1 amide bonds. The zero-order chi connectivity index (χ0) is 15.3. The average molecular weight is 342 g/mol. The number of nitrogens with two attached hydrogens (primary N) is 1. The van der Waals surface area contributed by atoms with Crippen molar-refractivity contribution >= 4 is 21.8 Å². The Balaban J connectivity index is 2.80. The fourth-order valence-corrected chi connectivity index (χ4v) is 2.58. The lowest BCUT2D eigenvalue weighted by atomic mass is 9.99. The monoisotopic (exact) mass is 341 g/mol. The molecule has 0 aromatic heterocycles. The summed E-state index contributed by atoms with van der Waals surface area (Å²) in [5, 5.41) is 2.90. The lowest BCUT2D eigenvalue weighted by Gasteiger charge is -2.31. The van der Waals surface area contributed by atoms with Gasteiger partial charge in [-0.3, -0.25) is 9.69 Å². The van der Waals surface area contributed by atoms with Crippen LogP contribution in [0.4, 0.5) is 0 Å². The van der Waals surface area contributed by atoms with Crippen LogP contribution < -0.4 is 11.1 Å². The summed E-state index contributed by atoms with van der Waals surface area (Å²) >= 11 is 3.43. The summed E-state index contributed by atoms with van der Waals surface area (Å²) in [4.78, 5) is 13.9. The summed E-state index contributed by atoms with van der Waals surface area (Å²) in [6.45, 7) is 6.20. The molecule has 5 heteroatoms. The Morgan fingerprint density at radius 3 is 2.30 bits per heavy atom. The van der Waals surface area contributed by atoms with E-state index in [1.165, 1.54) is 0 Å². The second kappa shape index (κ2) is 7.76. The molecule has 0 fully saturated rings. The van der Waals surface area contributed by atoms with Gasteiger partial charge in [0.25, 0.3) is 0 Å². The maximum Gasteiger partial charge on any atom is 0.234 e. The van der Waals surface area contributed by atoms with E-state index in [1.54, 1.807) is 0 Å². The fourth-order valence-electron chi connectivity index (χ4n) is 2.31. The second-order valence-corrected chi connectivity index (χ2v) is 6.41. The van der Waals surface area contributed by atoms with E-state index in [1.807, 2.05) is 57.0 Å². The van der Waals surface area contributed by atoms with E-state index < -0.39 is 0 Å². The van der Waals surface area contributed by atoms with Crippen LogP contribution in [0.25, 0.3) is 0 Å². The van der Waals surface area contributed by atoms with Gasteiger partial charge in [-0.1, -0.05) is 28.1 Å². The number of carbonyl (C=O) groups excluding carboxylic acids is 1. The molecule has 1 aromatic rings. The molecule has 0 radical (unpaired) electrons. The molecule has 2 atom stereocenters. The zero-order valence-corrected chi connectivity index (χ0v) is 14.1. The maximum absolute atomic E-state index is 11.9. The van der Waals surface area contributed by atoms with Crippen LogP contribution in [-0.2, 0) is 4.79 Å². The van der Waals surface area contributed by atoms with Gasteiger partial charge in [-0.25, -0.2) is 0 Å². The number of nitrogens with zero attached hydrogens (tertiary/aromatic N) is 1. The molecule has 4 nitrogen and oxygen atoms in total. The van der Waals surface area contributed by atoms with Crippen LogP contribution in [0.15, 0.2) is 28.7 Å². The molecular formula is C15H24BrN3O. The summed E-state index contributed by atoms with van der Waals surface area (Å²) in [6.07, 6.45) is 0. The molecule has 0 aliphatic rings. The van der Waals surface area contributed by atoms with E-state index >= 15 is 0 Å². The number of halogens is 1. The van der Waals surface area contributed by atoms with Gasteiger partial charge < -0.3 is 11.1 Å². The van der Waals surface area contributed by atoms with E-state index in [-0.39, 0.29) is 24.0 Å².